The van der Waals surface area contributed by atoms with Crippen molar-refractivity contribution >= 4 is 25.1 Å². The number of hydrogen-bond donors (Lipinski definition) is 1. The highest BCUT2D eigenvalue weighted by molar-refractivity contribution is 6.14. The van der Waals surface area contributed by atoms with Crippen LogP contribution in [0.3, 0.4) is 0 Å². The average Bonchev–Trinajstić information content (AvgIpc) is 3.20. The van der Waals surface area contributed by atoms with Crippen LogP contribution < -0.4 is 5.32 Å². The van der Waals surface area contributed by atoms with Gasteiger partial charge in [-0.3, -0.25) is 0 Å². The predicted molar refractivity (Wildman–Crippen MR) is 145 cm³/mol. The highest BCUT2D eigenvalue weighted by Crippen LogP contribution is 2.48. The fourth-order valence-electron chi connectivity index (χ4n) is 4.92. The van der Waals surface area contributed by atoms with Crippen LogP contribution in [-0.4, -0.2) is 37.6 Å². The topological polar surface area (TPSA) is 27.6 Å². The zero-order valence-electron chi connectivity index (χ0n) is 20.7. The van der Waals surface area contributed by atoms with Gasteiger partial charge in [-0.15, -0.1) is 0 Å². The molecule has 0 radical (unpaired) electrons. The van der Waals surface area contributed by atoms with Crippen molar-refractivity contribution in [2.24, 2.45) is 10.4 Å². The molecule has 0 saturated heterocycles. The van der Waals surface area contributed by atoms with Gasteiger partial charge in [0, 0.05) is 23.1 Å². The van der Waals surface area contributed by atoms with E-state index in [1.165, 1.54) is 11.3 Å². The first-order chi connectivity index (χ1) is 15.9. The van der Waals surface area contributed by atoms with Crippen LogP contribution in [0.2, 0.25) is 0 Å². The van der Waals surface area contributed by atoms with Crippen LogP contribution in [0.25, 0.3) is 0 Å². The zero-order valence-corrected chi connectivity index (χ0v) is 20.7. The number of nitrogens with zero attached hydrogens (tertiary/aromatic N) is 2. The molecule has 33 heavy (non-hydrogen) atoms. The van der Waals surface area contributed by atoms with E-state index in [0.717, 1.165) is 42.0 Å². The van der Waals surface area contributed by atoms with E-state index < -0.39 is 0 Å². The van der Waals surface area contributed by atoms with Crippen LogP contribution in [0.1, 0.15) is 56.7 Å². The molecular formula is C29H36BN3. The van der Waals surface area contributed by atoms with Gasteiger partial charge in [0.15, 0.2) is 7.98 Å². The van der Waals surface area contributed by atoms with Crippen molar-refractivity contribution in [3.05, 3.63) is 95.6 Å². The van der Waals surface area contributed by atoms with E-state index in [1.807, 2.05) is 0 Å². The Kier molecular flexibility index (Phi) is 7.04. The number of hydrogen-bond acceptors (Lipinski definition) is 3. The average molecular weight is 437 g/mol. The second kappa shape index (κ2) is 9.97. The molecule has 0 saturated carbocycles. The molecule has 0 bridgehead atoms. The first-order valence-corrected chi connectivity index (χ1v) is 12.2. The monoisotopic (exact) mass is 437 g/mol. The second-order valence-corrected chi connectivity index (χ2v) is 9.98. The van der Waals surface area contributed by atoms with Crippen LogP contribution in [0.4, 0.5) is 11.4 Å². The molecule has 1 heterocycles. The van der Waals surface area contributed by atoms with Gasteiger partial charge in [-0.1, -0.05) is 100 Å². The molecule has 1 N–H and O–H groups in total. The van der Waals surface area contributed by atoms with E-state index in [2.05, 4.69) is 125 Å². The fourth-order valence-corrected chi connectivity index (χ4v) is 4.92. The lowest BCUT2D eigenvalue weighted by Crippen LogP contribution is -2.39. The maximum absolute atomic E-state index is 5.26. The SMILES string of the molecule is BN(CC)CCC(C)(C)C1Nc2c(N=C(c3ccccc3)c3ccccc3)cccc2C1C. The van der Waals surface area contributed by atoms with Gasteiger partial charge in [0.1, 0.15) is 0 Å². The van der Waals surface area contributed by atoms with E-state index in [0.29, 0.717) is 12.0 Å². The molecule has 3 aromatic rings. The Bertz CT molecular complexity index is 1050. The van der Waals surface area contributed by atoms with Gasteiger partial charge in [-0.2, -0.15) is 0 Å². The molecule has 0 amide bonds. The Labute approximate surface area is 200 Å². The van der Waals surface area contributed by atoms with E-state index in [-0.39, 0.29) is 5.41 Å². The Morgan fingerprint density at radius 1 is 0.939 bits per heavy atom. The second-order valence-electron chi connectivity index (χ2n) is 9.98. The van der Waals surface area contributed by atoms with Gasteiger partial charge in [-0.25, -0.2) is 4.99 Å². The lowest BCUT2D eigenvalue weighted by Gasteiger charge is -2.36. The highest BCUT2D eigenvalue weighted by Gasteiger charge is 2.40. The van der Waals surface area contributed by atoms with Crippen molar-refractivity contribution in [2.45, 2.75) is 46.1 Å². The molecule has 2 atom stereocenters. The Hall–Kier alpha value is -2.85. The first-order valence-electron chi connectivity index (χ1n) is 12.2. The maximum atomic E-state index is 5.26. The van der Waals surface area contributed by atoms with Gasteiger partial charge in [0.2, 0.25) is 0 Å². The number of para-hydroxylation sites is 1. The summed E-state index contributed by atoms with van der Waals surface area (Å²) < 4.78 is 0. The van der Waals surface area contributed by atoms with Gasteiger partial charge in [0.05, 0.1) is 17.1 Å². The fraction of sp³-hybridized carbons (Fsp3) is 0.345. The third kappa shape index (κ3) is 5.06. The highest BCUT2D eigenvalue weighted by atomic mass is 15.0. The minimum absolute atomic E-state index is 0.171. The number of nitrogens with one attached hydrogen (secondary N) is 1. The normalized spacial score (nSPS) is 17.5. The lowest BCUT2D eigenvalue weighted by molar-refractivity contribution is 0.240. The number of benzene rings is 3. The summed E-state index contributed by atoms with van der Waals surface area (Å²) in [6, 6.07) is 27.9. The summed E-state index contributed by atoms with van der Waals surface area (Å²) in [7, 11) is 2.21. The molecular weight excluding hydrogens is 401 g/mol. The summed E-state index contributed by atoms with van der Waals surface area (Å²) in [5.74, 6) is 0.439. The summed E-state index contributed by atoms with van der Waals surface area (Å²) >= 11 is 0. The van der Waals surface area contributed by atoms with Crippen LogP contribution in [0.15, 0.2) is 83.9 Å². The number of rotatable bonds is 8. The van der Waals surface area contributed by atoms with Crippen molar-refractivity contribution in [1.29, 1.82) is 0 Å². The standard InChI is InChI=1S/C29H36BN3/c1-5-33(30)20-19-29(3,4)28-21(2)24-17-12-18-25(27(24)32-28)31-26(22-13-8-6-9-14-22)23-15-10-7-11-16-23/h6-18,21,28,32H,5,19-20,30H2,1-4H3. The Morgan fingerprint density at radius 3 is 2.12 bits per heavy atom. The molecule has 170 valence electrons. The zero-order chi connectivity index (χ0) is 23.4. The van der Waals surface area contributed by atoms with Gasteiger partial charge < -0.3 is 10.1 Å². The van der Waals surface area contributed by atoms with E-state index in [4.69, 9.17) is 4.99 Å². The predicted octanol–water partition coefficient (Wildman–Crippen LogP) is 6.04. The minimum Gasteiger partial charge on any atom is -0.379 e. The molecule has 0 aromatic heterocycles. The smallest absolute Gasteiger partial charge is 0.185 e. The van der Waals surface area contributed by atoms with Gasteiger partial charge in [0.25, 0.3) is 0 Å². The van der Waals surface area contributed by atoms with Crippen molar-refractivity contribution in [2.75, 3.05) is 18.4 Å². The molecule has 3 nitrogen and oxygen atoms in total. The van der Waals surface area contributed by atoms with E-state index in [1.54, 1.807) is 0 Å². The molecule has 1 aliphatic heterocycles. The molecule has 0 fully saturated rings. The molecule has 0 spiro atoms. The van der Waals surface area contributed by atoms with Crippen molar-refractivity contribution in [3.63, 3.8) is 0 Å². The number of aliphatic imine (C=N–C) groups is 1. The largest absolute Gasteiger partial charge is 0.379 e. The van der Waals surface area contributed by atoms with Crippen molar-refractivity contribution in [3.8, 4) is 0 Å². The van der Waals surface area contributed by atoms with Crippen LogP contribution in [0, 0.1) is 5.41 Å². The van der Waals surface area contributed by atoms with Crippen LogP contribution in [0.5, 0.6) is 0 Å². The molecule has 3 aromatic carbocycles. The van der Waals surface area contributed by atoms with Crippen LogP contribution in [-0.2, 0) is 0 Å². The summed E-state index contributed by atoms with van der Waals surface area (Å²) in [6.07, 6.45) is 1.16. The first kappa shape index (κ1) is 23.3. The van der Waals surface area contributed by atoms with Crippen LogP contribution >= 0.6 is 0 Å². The van der Waals surface area contributed by atoms with Crippen molar-refractivity contribution in [1.82, 2.24) is 4.81 Å². The summed E-state index contributed by atoms with van der Waals surface area (Å²) in [5.41, 5.74) is 7.02. The molecule has 0 aliphatic carbocycles. The number of fused-ring (bicyclic) bond motifs is 1. The van der Waals surface area contributed by atoms with Gasteiger partial charge in [-0.05, 0) is 36.6 Å². The molecule has 2 unspecified atom stereocenters. The van der Waals surface area contributed by atoms with E-state index >= 15 is 0 Å². The third-order valence-corrected chi connectivity index (χ3v) is 7.21. The Morgan fingerprint density at radius 2 is 1.55 bits per heavy atom. The summed E-state index contributed by atoms with van der Waals surface area (Å²) in [6.45, 7) is 11.6. The van der Waals surface area contributed by atoms with Gasteiger partial charge >= 0.3 is 0 Å². The third-order valence-electron chi connectivity index (χ3n) is 7.21. The Balaban J connectivity index is 1.71. The van der Waals surface area contributed by atoms with E-state index in [9.17, 15) is 0 Å². The maximum Gasteiger partial charge on any atom is 0.185 e. The molecule has 4 rings (SSSR count). The summed E-state index contributed by atoms with van der Waals surface area (Å²) in [4.78, 5) is 7.65. The van der Waals surface area contributed by atoms with Crippen molar-refractivity contribution < 1.29 is 0 Å². The summed E-state index contributed by atoms with van der Waals surface area (Å²) in [5, 5.41) is 3.92. The molecule has 1 aliphatic rings. The minimum atomic E-state index is 0.171. The lowest BCUT2D eigenvalue weighted by atomic mass is 9.75. The quantitative estimate of drug-likeness (QED) is 0.344. The number of anilines is 1. The molecule has 4 heteroatoms.